The van der Waals surface area contributed by atoms with Crippen LogP contribution in [-0.4, -0.2) is 38.5 Å². The van der Waals surface area contributed by atoms with Crippen molar-refractivity contribution in [3.8, 4) is 6.07 Å². The Bertz CT molecular complexity index is 1060. The van der Waals surface area contributed by atoms with Crippen LogP contribution < -0.4 is 27.5 Å². The quantitative estimate of drug-likeness (QED) is 0.353. The van der Waals surface area contributed by atoms with E-state index in [2.05, 4.69) is 0 Å². The standard InChI is InChI=1S/C5H9N3O2S2.C5H5N3O2S2.C4H8O.B/c2*6-1-3-2-11-5(7)4(3)12(8,9)10;1-2-4-5-3-1;/h2H,1,6-7H2,(H2,8,9,10);2H,7H2,(H2,8,9,10);1-4H2;. The number of nitrogens with zero attached hydrogens (tertiary/aromatic N) is 1. The number of thiophene rings is 2. The molecule has 1 fully saturated rings. The summed E-state index contributed by atoms with van der Waals surface area (Å²) >= 11 is 2.10. The molecule has 3 heterocycles. The summed E-state index contributed by atoms with van der Waals surface area (Å²) < 4.78 is 48.5. The molecule has 2 aromatic heterocycles. The van der Waals surface area contributed by atoms with E-state index in [1.807, 2.05) is 0 Å². The molecule has 2 aromatic rings. The van der Waals surface area contributed by atoms with Gasteiger partial charge in [-0.1, -0.05) is 0 Å². The first-order valence-corrected chi connectivity index (χ1v) is 12.7. The van der Waals surface area contributed by atoms with Gasteiger partial charge in [0, 0.05) is 33.6 Å². The lowest BCUT2D eigenvalue weighted by atomic mass is 10.3. The molecule has 1 saturated heterocycles. The Hall–Kier alpha value is -1.71. The first-order chi connectivity index (χ1) is 13.4. The number of primary sulfonamides is 2. The van der Waals surface area contributed by atoms with Gasteiger partial charge in [-0.2, -0.15) is 5.26 Å². The molecule has 0 saturated carbocycles. The second-order valence-electron chi connectivity index (χ2n) is 5.52. The van der Waals surface area contributed by atoms with Crippen molar-refractivity contribution in [1.82, 2.24) is 0 Å². The smallest absolute Gasteiger partial charge is 0.242 e. The van der Waals surface area contributed by atoms with Crippen LogP contribution in [0, 0.1) is 11.3 Å². The minimum atomic E-state index is -3.87. The minimum Gasteiger partial charge on any atom is -0.389 e. The van der Waals surface area contributed by atoms with E-state index in [0.29, 0.717) is 5.56 Å². The molecule has 30 heavy (non-hydrogen) atoms. The van der Waals surface area contributed by atoms with Gasteiger partial charge < -0.3 is 21.9 Å². The number of nitrogens with two attached hydrogens (primary N) is 5. The van der Waals surface area contributed by atoms with Crippen LogP contribution in [0.4, 0.5) is 10.0 Å². The van der Waals surface area contributed by atoms with Crippen molar-refractivity contribution >= 4 is 61.1 Å². The van der Waals surface area contributed by atoms with Crippen molar-refractivity contribution in [2.24, 2.45) is 16.0 Å². The first kappa shape index (κ1) is 28.3. The van der Waals surface area contributed by atoms with Gasteiger partial charge in [0.2, 0.25) is 20.0 Å². The van der Waals surface area contributed by atoms with E-state index in [9.17, 15) is 16.8 Å². The van der Waals surface area contributed by atoms with Crippen LogP contribution in [0.3, 0.4) is 0 Å². The maximum Gasteiger partial charge on any atom is 0.242 e. The van der Waals surface area contributed by atoms with E-state index in [0.717, 1.165) is 35.9 Å². The molecule has 0 amide bonds. The van der Waals surface area contributed by atoms with Gasteiger partial charge in [0.15, 0.2) is 0 Å². The summed E-state index contributed by atoms with van der Waals surface area (Å²) in [6.07, 6.45) is 2.56. The third kappa shape index (κ3) is 8.20. The molecular weight excluding hydrogens is 471 g/mol. The molecule has 3 radical (unpaired) electrons. The topological polar surface area (TPSA) is 231 Å². The summed E-state index contributed by atoms with van der Waals surface area (Å²) in [5, 5.41) is 21.4. The van der Waals surface area contributed by atoms with Gasteiger partial charge in [-0.25, -0.2) is 27.1 Å². The highest BCUT2D eigenvalue weighted by molar-refractivity contribution is 7.89. The van der Waals surface area contributed by atoms with Crippen LogP contribution in [0.2, 0.25) is 0 Å². The molecule has 0 aromatic carbocycles. The van der Waals surface area contributed by atoms with E-state index >= 15 is 0 Å². The Balaban J connectivity index is 0.000000445. The number of ether oxygens (including phenoxy) is 1. The zero-order chi connectivity index (χ0) is 22.2. The van der Waals surface area contributed by atoms with E-state index in [4.69, 9.17) is 37.5 Å². The summed E-state index contributed by atoms with van der Waals surface area (Å²) in [5.41, 5.74) is 16.5. The van der Waals surface area contributed by atoms with Crippen molar-refractivity contribution in [3.63, 3.8) is 0 Å². The van der Waals surface area contributed by atoms with Crippen LogP contribution in [-0.2, 0) is 31.3 Å². The highest BCUT2D eigenvalue weighted by atomic mass is 32.2. The molecule has 0 spiro atoms. The predicted octanol–water partition coefficient (Wildman–Crippen LogP) is -0.298. The molecule has 0 aliphatic carbocycles. The SMILES string of the molecule is C1CCOC1.N#Cc1csc(N)c1S(N)(=O)=O.NCc1csc(N)c1S(N)(=O)=O.[B]. The summed E-state index contributed by atoms with van der Waals surface area (Å²) in [7, 11) is -7.60. The molecule has 10 N–H and O–H groups in total. The fraction of sp³-hybridized carbons (Fsp3) is 0.357. The first-order valence-electron chi connectivity index (χ1n) is 7.89. The fourth-order valence-electron chi connectivity index (χ4n) is 2.11. The number of anilines is 2. The number of hydrogen-bond donors (Lipinski definition) is 5. The van der Waals surface area contributed by atoms with Gasteiger partial charge in [0.1, 0.15) is 25.9 Å². The van der Waals surface area contributed by atoms with E-state index in [1.165, 1.54) is 18.2 Å². The molecule has 16 heteroatoms. The number of hydrogen-bond acceptors (Lipinski definition) is 11. The Labute approximate surface area is 185 Å². The molecule has 3 rings (SSSR count). The lowest BCUT2D eigenvalue weighted by molar-refractivity contribution is 0.198. The zero-order valence-corrected chi connectivity index (χ0v) is 19.0. The van der Waals surface area contributed by atoms with Crippen molar-refractivity contribution in [3.05, 3.63) is 21.9 Å². The minimum absolute atomic E-state index is 0. The molecule has 0 atom stereocenters. The molecule has 0 bridgehead atoms. The van der Waals surface area contributed by atoms with Crippen molar-refractivity contribution in [1.29, 1.82) is 5.26 Å². The van der Waals surface area contributed by atoms with Crippen LogP contribution in [0.25, 0.3) is 0 Å². The summed E-state index contributed by atoms with van der Waals surface area (Å²) in [6.45, 7) is 2.12. The van der Waals surface area contributed by atoms with E-state index < -0.39 is 20.0 Å². The van der Waals surface area contributed by atoms with Crippen molar-refractivity contribution in [2.75, 3.05) is 24.7 Å². The maximum absolute atomic E-state index is 10.9. The average molecular weight is 493 g/mol. The second kappa shape index (κ2) is 12.2. The monoisotopic (exact) mass is 493 g/mol. The summed E-state index contributed by atoms with van der Waals surface area (Å²) in [6, 6.07) is 1.69. The molecular formula is C14H22BN6O5S4. The van der Waals surface area contributed by atoms with Gasteiger partial charge in [0.25, 0.3) is 0 Å². The average Bonchev–Trinajstić information content (AvgIpc) is 3.34. The molecule has 165 valence electrons. The van der Waals surface area contributed by atoms with Gasteiger partial charge in [-0.3, -0.25) is 0 Å². The fourth-order valence-corrected chi connectivity index (χ4v) is 6.07. The van der Waals surface area contributed by atoms with Gasteiger partial charge >= 0.3 is 0 Å². The Morgan fingerprint density at radius 2 is 1.43 bits per heavy atom. The molecule has 1 aliphatic heterocycles. The summed E-state index contributed by atoms with van der Waals surface area (Å²) in [4.78, 5) is -0.301. The van der Waals surface area contributed by atoms with Crippen LogP contribution in [0.5, 0.6) is 0 Å². The van der Waals surface area contributed by atoms with Gasteiger partial charge in [0.05, 0.1) is 5.56 Å². The van der Waals surface area contributed by atoms with Crippen LogP contribution in [0.1, 0.15) is 24.0 Å². The number of nitrogen functional groups attached to an aromatic ring is 2. The highest BCUT2D eigenvalue weighted by Crippen LogP contribution is 2.28. The number of rotatable bonds is 3. The van der Waals surface area contributed by atoms with E-state index in [-0.39, 0.29) is 40.3 Å². The normalized spacial score (nSPS) is 13.1. The van der Waals surface area contributed by atoms with Crippen LogP contribution >= 0.6 is 22.7 Å². The lowest BCUT2D eigenvalue weighted by Gasteiger charge is -1.98. The van der Waals surface area contributed by atoms with E-state index in [1.54, 1.807) is 11.4 Å². The number of sulfonamides is 2. The third-order valence-corrected chi connectivity index (χ3v) is 7.34. The molecule has 0 unspecified atom stereocenters. The van der Waals surface area contributed by atoms with Gasteiger partial charge in [-0.15, -0.1) is 22.7 Å². The van der Waals surface area contributed by atoms with Gasteiger partial charge in [-0.05, 0) is 23.8 Å². The second-order valence-corrected chi connectivity index (χ2v) is 10.3. The molecule has 11 nitrogen and oxygen atoms in total. The van der Waals surface area contributed by atoms with Crippen molar-refractivity contribution in [2.45, 2.75) is 29.2 Å². The number of nitriles is 1. The highest BCUT2D eigenvalue weighted by Gasteiger charge is 2.19. The lowest BCUT2D eigenvalue weighted by Crippen LogP contribution is -2.15. The van der Waals surface area contributed by atoms with Crippen molar-refractivity contribution < 1.29 is 21.6 Å². The Morgan fingerprint density at radius 3 is 1.73 bits per heavy atom. The predicted molar refractivity (Wildman–Crippen MR) is 119 cm³/mol. The Morgan fingerprint density at radius 1 is 0.967 bits per heavy atom. The summed E-state index contributed by atoms with van der Waals surface area (Å²) in [5.74, 6) is 0. The van der Waals surface area contributed by atoms with Crippen LogP contribution in [0.15, 0.2) is 20.6 Å². The Kier molecular flexibility index (Phi) is 11.5. The molecule has 1 aliphatic rings. The maximum atomic E-state index is 10.9. The zero-order valence-electron chi connectivity index (χ0n) is 15.8. The largest absolute Gasteiger partial charge is 0.389 e. The third-order valence-electron chi connectivity index (χ3n) is 3.35.